The maximum absolute atomic E-state index is 13.1. The summed E-state index contributed by atoms with van der Waals surface area (Å²) in [6.07, 6.45) is 1.40. The highest BCUT2D eigenvalue weighted by Crippen LogP contribution is 2.15. The third-order valence-corrected chi connectivity index (χ3v) is 4.24. The number of anilines is 1. The molecule has 3 aromatic rings. The van der Waals surface area contributed by atoms with Gasteiger partial charge in [0, 0.05) is 25.3 Å². The van der Waals surface area contributed by atoms with Crippen molar-refractivity contribution in [3.8, 4) is 5.69 Å². The van der Waals surface area contributed by atoms with Gasteiger partial charge in [0.1, 0.15) is 5.82 Å². The predicted octanol–water partition coefficient (Wildman–Crippen LogP) is 2.46. The number of carbonyl (C=O) groups is 2. The van der Waals surface area contributed by atoms with Crippen molar-refractivity contribution in [1.82, 2.24) is 20.6 Å². The first-order valence-electron chi connectivity index (χ1n) is 8.55. The van der Waals surface area contributed by atoms with Gasteiger partial charge in [0.25, 0.3) is 11.8 Å². The third-order valence-electron chi connectivity index (χ3n) is 4.24. The Bertz CT molecular complexity index is 1010. The Kier molecular flexibility index (Phi) is 5.39. The lowest BCUT2D eigenvalue weighted by Crippen LogP contribution is -2.41. The summed E-state index contributed by atoms with van der Waals surface area (Å²) in [6, 6.07) is 12.8. The van der Waals surface area contributed by atoms with E-state index in [0.29, 0.717) is 22.5 Å². The van der Waals surface area contributed by atoms with E-state index in [9.17, 15) is 14.0 Å². The minimum Gasteiger partial charge on any atom is -0.378 e. The first-order chi connectivity index (χ1) is 13.4. The summed E-state index contributed by atoms with van der Waals surface area (Å²) in [5, 5.41) is 4.17. The van der Waals surface area contributed by atoms with Crippen LogP contribution in [-0.4, -0.2) is 35.7 Å². The van der Waals surface area contributed by atoms with Crippen LogP contribution in [0.1, 0.15) is 26.4 Å². The highest BCUT2D eigenvalue weighted by Gasteiger charge is 2.16. The van der Waals surface area contributed by atoms with Crippen molar-refractivity contribution < 1.29 is 14.0 Å². The monoisotopic (exact) mass is 381 g/mol. The van der Waals surface area contributed by atoms with Gasteiger partial charge in [-0.05, 0) is 49.4 Å². The Morgan fingerprint density at radius 1 is 1.04 bits per heavy atom. The number of aromatic nitrogens is 2. The molecule has 0 spiro atoms. The van der Waals surface area contributed by atoms with Crippen LogP contribution >= 0.6 is 0 Å². The molecule has 0 unspecified atom stereocenters. The standard InChI is InChI=1S/C20H20FN5O2/c1-13-18(12-22-26(13)16-9-7-15(21)8-10-16)20(28)24-23-19(27)14-5-4-6-17(11-14)25(2)3/h4-12H,1-3H3,(H,23,27)(H,24,28). The second kappa shape index (κ2) is 7.91. The van der Waals surface area contributed by atoms with E-state index in [2.05, 4.69) is 16.0 Å². The van der Waals surface area contributed by atoms with Crippen LogP contribution in [0.25, 0.3) is 5.69 Å². The van der Waals surface area contributed by atoms with Crippen molar-refractivity contribution in [3.05, 3.63) is 77.4 Å². The van der Waals surface area contributed by atoms with Crippen molar-refractivity contribution in [1.29, 1.82) is 0 Å². The third kappa shape index (κ3) is 4.01. The highest BCUT2D eigenvalue weighted by atomic mass is 19.1. The summed E-state index contributed by atoms with van der Waals surface area (Å²) < 4.78 is 14.6. The van der Waals surface area contributed by atoms with Crippen LogP contribution in [0.5, 0.6) is 0 Å². The summed E-state index contributed by atoms with van der Waals surface area (Å²) in [7, 11) is 3.75. The lowest BCUT2D eigenvalue weighted by atomic mass is 10.2. The fourth-order valence-electron chi connectivity index (χ4n) is 2.65. The Labute approximate surface area is 161 Å². The van der Waals surface area contributed by atoms with Gasteiger partial charge in [-0.2, -0.15) is 5.10 Å². The molecule has 2 amide bonds. The zero-order chi connectivity index (χ0) is 20.3. The number of nitrogens with one attached hydrogen (secondary N) is 2. The average molecular weight is 381 g/mol. The predicted molar refractivity (Wildman–Crippen MR) is 104 cm³/mol. The van der Waals surface area contributed by atoms with Crippen LogP contribution in [0.15, 0.2) is 54.7 Å². The number of carbonyl (C=O) groups excluding carboxylic acids is 2. The molecular formula is C20H20FN5O2. The van der Waals surface area contributed by atoms with Crippen molar-refractivity contribution in [2.75, 3.05) is 19.0 Å². The molecule has 0 atom stereocenters. The molecule has 8 heteroatoms. The van der Waals surface area contributed by atoms with Crippen molar-refractivity contribution in [3.63, 3.8) is 0 Å². The summed E-state index contributed by atoms with van der Waals surface area (Å²) in [5.74, 6) is -1.28. The summed E-state index contributed by atoms with van der Waals surface area (Å²) in [6.45, 7) is 1.72. The van der Waals surface area contributed by atoms with Gasteiger partial charge < -0.3 is 4.90 Å². The number of halogens is 1. The Hall–Kier alpha value is -3.68. The van der Waals surface area contributed by atoms with Gasteiger partial charge in [-0.3, -0.25) is 20.4 Å². The second-order valence-corrected chi connectivity index (χ2v) is 6.38. The topological polar surface area (TPSA) is 79.3 Å². The first kappa shape index (κ1) is 19.1. The molecule has 1 heterocycles. The van der Waals surface area contributed by atoms with Crippen molar-refractivity contribution in [2.24, 2.45) is 0 Å². The van der Waals surface area contributed by atoms with Crippen LogP contribution in [0.3, 0.4) is 0 Å². The zero-order valence-corrected chi connectivity index (χ0v) is 15.7. The maximum atomic E-state index is 13.1. The Morgan fingerprint density at radius 3 is 2.39 bits per heavy atom. The SMILES string of the molecule is Cc1c(C(=O)NNC(=O)c2cccc(N(C)C)c2)cnn1-c1ccc(F)cc1. The van der Waals surface area contributed by atoms with Gasteiger partial charge in [0.05, 0.1) is 23.1 Å². The summed E-state index contributed by atoms with van der Waals surface area (Å²) in [4.78, 5) is 26.6. The number of hydrogen-bond acceptors (Lipinski definition) is 4. The van der Waals surface area contributed by atoms with E-state index >= 15 is 0 Å². The van der Waals surface area contributed by atoms with E-state index in [4.69, 9.17) is 0 Å². The molecule has 1 aromatic heterocycles. The molecule has 0 aliphatic heterocycles. The largest absolute Gasteiger partial charge is 0.378 e. The molecule has 2 aromatic carbocycles. The quantitative estimate of drug-likeness (QED) is 0.681. The molecule has 7 nitrogen and oxygen atoms in total. The summed E-state index contributed by atoms with van der Waals surface area (Å²) in [5.41, 5.74) is 7.58. The van der Waals surface area contributed by atoms with Crippen LogP contribution in [0, 0.1) is 12.7 Å². The molecule has 0 aliphatic carbocycles. The Balaban J connectivity index is 1.69. The van der Waals surface area contributed by atoms with Crippen LogP contribution < -0.4 is 15.8 Å². The van der Waals surface area contributed by atoms with Gasteiger partial charge >= 0.3 is 0 Å². The van der Waals surface area contributed by atoms with Gasteiger partial charge in [-0.25, -0.2) is 9.07 Å². The first-order valence-corrected chi connectivity index (χ1v) is 8.55. The van der Waals surface area contributed by atoms with Crippen molar-refractivity contribution in [2.45, 2.75) is 6.92 Å². The number of nitrogens with zero attached hydrogens (tertiary/aromatic N) is 3. The van der Waals surface area contributed by atoms with Crippen LogP contribution in [0.2, 0.25) is 0 Å². The molecule has 0 fully saturated rings. The van der Waals surface area contributed by atoms with Gasteiger partial charge in [-0.1, -0.05) is 6.07 Å². The molecule has 0 bridgehead atoms. The average Bonchev–Trinajstić information content (AvgIpc) is 3.08. The lowest BCUT2D eigenvalue weighted by Gasteiger charge is -2.13. The van der Waals surface area contributed by atoms with Gasteiger partial charge in [-0.15, -0.1) is 0 Å². The molecule has 2 N–H and O–H groups in total. The maximum Gasteiger partial charge on any atom is 0.273 e. The van der Waals surface area contributed by atoms with Gasteiger partial charge in [0.15, 0.2) is 0 Å². The van der Waals surface area contributed by atoms with E-state index in [1.807, 2.05) is 25.1 Å². The lowest BCUT2D eigenvalue weighted by molar-refractivity contribution is 0.0846. The molecule has 144 valence electrons. The van der Waals surface area contributed by atoms with E-state index in [-0.39, 0.29) is 5.82 Å². The molecule has 0 radical (unpaired) electrons. The number of hydrazine groups is 1. The molecule has 28 heavy (non-hydrogen) atoms. The molecular weight excluding hydrogens is 361 g/mol. The van der Waals surface area contributed by atoms with Crippen LogP contribution in [0.4, 0.5) is 10.1 Å². The molecule has 0 saturated carbocycles. The molecule has 0 saturated heterocycles. The minimum absolute atomic E-state index is 0.298. The molecule has 0 aliphatic rings. The highest BCUT2D eigenvalue weighted by molar-refractivity contribution is 5.99. The van der Waals surface area contributed by atoms with E-state index in [0.717, 1.165) is 5.69 Å². The normalized spacial score (nSPS) is 10.4. The van der Waals surface area contributed by atoms with Crippen molar-refractivity contribution >= 4 is 17.5 Å². The smallest absolute Gasteiger partial charge is 0.273 e. The van der Waals surface area contributed by atoms with E-state index in [1.165, 1.54) is 23.0 Å². The fraction of sp³-hybridized carbons (Fsp3) is 0.150. The number of rotatable bonds is 4. The minimum atomic E-state index is -0.497. The fourth-order valence-corrected chi connectivity index (χ4v) is 2.65. The number of amides is 2. The Morgan fingerprint density at radius 2 is 1.71 bits per heavy atom. The van der Waals surface area contributed by atoms with E-state index in [1.54, 1.807) is 37.3 Å². The number of hydrogen-bond donors (Lipinski definition) is 2. The number of benzene rings is 2. The van der Waals surface area contributed by atoms with Gasteiger partial charge in [0.2, 0.25) is 0 Å². The second-order valence-electron chi connectivity index (χ2n) is 6.38. The van der Waals surface area contributed by atoms with Crippen LogP contribution in [-0.2, 0) is 0 Å². The molecule has 3 rings (SSSR count). The van der Waals surface area contributed by atoms with E-state index < -0.39 is 11.8 Å². The zero-order valence-electron chi connectivity index (χ0n) is 15.7. The summed E-state index contributed by atoms with van der Waals surface area (Å²) >= 11 is 0.